The van der Waals surface area contributed by atoms with Gasteiger partial charge in [-0.2, -0.15) is 5.26 Å². The summed E-state index contributed by atoms with van der Waals surface area (Å²) in [7, 11) is 0. The van der Waals surface area contributed by atoms with Crippen LogP contribution in [-0.4, -0.2) is 5.91 Å². The smallest absolute Gasteiger partial charge is 0.223 e. The van der Waals surface area contributed by atoms with Gasteiger partial charge in [-0.05, 0) is 37.0 Å². The highest BCUT2D eigenvalue weighted by Gasteiger charge is 2.17. The summed E-state index contributed by atoms with van der Waals surface area (Å²) in [6, 6.07) is 9.36. The number of rotatable bonds is 3. The molecule has 0 saturated heterocycles. The number of hydrogen-bond acceptors (Lipinski definition) is 2. The van der Waals surface area contributed by atoms with Crippen LogP contribution in [0, 0.1) is 17.2 Å². The number of nitrogens with zero attached hydrogens (tertiary/aromatic N) is 1. The molecule has 1 aromatic rings. The van der Waals surface area contributed by atoms with Gasteiger partial charge in [-0.1, -0.05) is 24.3 Å². The minimum Gasteiger partial charge on any atom is -0.352 e. The number of nitriles is 1. The maximum atomic E-state index is 11.9. The Labute approximate surface area is 107 Å². The second kappa shape index (κ2) is 6.02. The van der Waals surface area contributed by atoms with Crippen LogP contribution in [0.2, 0.25) is 0 Å². The van der Waals surface area contributed by atoms with Crippen molar-refractivity contribution in [3.63, 3.8) is 0 Å². The predicted molar refractivity (Wildman–Crippen MR) is 69.5 cm³/mol. The quantitative estimate of drug-likeness (QED) is 0.825. The molecule has 0 radical (unpaired) electrons. The molecule has 2 rings (SSSR count). The summed E-state index contributed by atoms with van der Waals surface area (Å²) < 4.78 is 0. The highest BCUT2D eigenvalue weighted by atomic mass is 16.1. The molecular formula is C15H16N2O. The first-order valence-electron chi connectivity index (χ1n) is 6.21. The lowest BCUT2D eigenvalue weighted by Crippen LogP contribution is -2.30. The number of benzene rings is 1. The molecule has 18 heavy (non-hydrogen) atoms. The molecule has 0 aromatic heterocycles. The Morgan fingerprint density at radius 3 is 2.72 bits per heavy atom. The number of hydrogen-bond donors (Lipinski definition) is 1. The van der Waals surface area contributed by atoms with E-state index in [9.17, 15) is 4.79 Å². The van der Waals surface area contributed by atoms with Crippen LogP contribution >= 0.6 is 0 Å². The van der Waals surface area contributed by atoms with Crippen molar-refractivity contribution < 1.29 is 4.79 Å². The minimum absolute atomic E-state index is 0.119. The van der Waals surface area contributed by atoms with Gasteiger partial charge in [0.05, 0.1) is 11.6 Å². The number of allylic oxidation sites excluding steroid dienone is 2. The topological polar surface area (TPSA) is 52.9 Å². The highest BCUT2D eigenvalue weighted by molar-refractivity contribution is 5.78. The van der Waals surface area contributed by atoms with E-state index in [0.29, 0.717) is 12.1 Å². The maximum Gasteiger partial charge on any atom is 0.223 e. The first-order valence-corrected chi connectivity index (χ1v) is 6.21. The van der Waals surface area contributed by atoms with Crippen molar-refractivity contribution in [2.45, 2.75) is 25.8 Å². The molecule has 1 aromatic carbocycles. The van der Waals surface area contributed by atoms with Gasteiger partial charge in [-0.3, -0.25) is 4.79 Å². The van der Waals surface area contributed by atoms with Gasteiger partial charge in [-0.25, -0.2) is 0 Å². The molecule has 3 heteroatoms. The number of amides is 1. The molecule has 0 bridgehead atoms. The SMILES string of the molecule is N#Cc1ccc(CNC(=O)C2CC=CCC2)cc1. The zero-order valence-electron chi connectivity index (χ0n) is 10.2. The summed E-state index contributed by atoms with van der Waals surface area (Å²) in [6.07, 6.45) is 6.99. The van der Waals surface area contributed by atoms with Crippen LogP contribution in [0.4, 0.5) is 0 Å². The van der Waals surface area contributed by atoms with E-state index in [1.165, 1.54) is 0 Å². The molecule has 1 N–H and O–H groups in total. The predicted octanol–water partition coefficient (Wildman–Crippen LogP) is 2.53. The fraction of sp³-hybridized carbons (Fsp3) is 0.333. The third kappa shape index (κ3) is 3.21. The maximum absolute atomic E-state index is 11.9. The molecule has 1 amide bonds. The van der Waals surface area contributed by atoms with E-state index in [0.717, 1.165) is 24.8 Å². The third-order valence-electron chi connectivity index (χ3n) is 3.19. The van der Waals surface area contributed by atoms with Crippen molar-refractivity contribution >= 4 is 5.91 Å². The van der Waals surface area contributed by atoms with E-state index in [1.807, 2.05) is 12.1 Å². The monoisotopic (exact) mass is 240 g/mol. The van der Waals surface area contributed by atoms with Gasteiger partial charge in [0, 0.05) is 12.5 Å². The Kier molecular flexibility index (Phi) is 4.14. The average Bonchev–Trinajstić information content (AvgIpc) is 2.46. The van der Waals surface area contributed by atoms with Crippen molar-refractivity contribution in [2.75, 3.05) is 0 Å². The molecule has 0 heterocycles. The van der Waals surface area contributed by atoms with E-state index < -0.39 is 0 Å². The zero-order chi connectivity index (χ0) is 12.8. The summed E-state index contributed by atoms with van der Waals surface area (Å²) in [5, 5.41) is 11.6. The molecule has 1 aliphatic rings. The van der Waals surface area contributed by atoms with Crippen LogP contribution in [0.25, 0.3) is 0 Å². The van der Waals surface area contributed by atoms with Crippen LogP contribution in [0.15, 0.2) is 36.4 Å². The number of nitrogens with one attached hydrogen (secondary N) is 1. The Morgan fingerprint density at radius 2 is 2.11 bits per heavy atom. The fourth-order valence-electron chi connectivity index (χ4n) is 2.06. The first-order chi connectivity index (χ1) is 8.79. The number of carbonyl (C=O) groups excluding carboxylic acids is 1. The van der Waals surface area contributed by atoms with E-state index in [2.05, 4.69) is 23.5 Å². The van der Waals surface area contributed by atoms with E-state index >= 15 is 0 Å². The van der Waals surface area contributed by atoms with E-state index in [-0.39, 0.29) is 11.8 Å². The largest absolute Gasteiger partial charge is 0.352 e. The first kappa shape index (κ1) is 12.4. The standard InChI is InChI=1S/C15H16N2O/c16-10-12-6-8-13(9-7-12)11-17-15(18)14-4-2-1-3-5-14/h1-2,6-9,14H,3-5,11H2,(H,17,18). The summed E-state index contributed by atoms with van der Waals surface area (Å²) in [6.45, 7) is 0.532. The molecule has 1 unspecified atom stereocenters. The van der Waals surface area contributed by atoms with Gasteiger partial charge in [0.2, 0.25) is 5.91 Å². The second-order valence-electron chi connectivity index (χ2n) is 4.51. The Bertz CT molecular complexity index is 482. The third-order valence-corrected chi connectivity index (χ3v) is 3.19. The van der Waals surface area contributed by atoms with Gasteiger partial charge in [-0.15, -0.1) is 0 Å². The van der Waals surface area contributed by atoms with Crippen molar-refractivity contribution in [3.8, 4) is 6.07 Å². The van der Waals surface area contributed by atoms with Crippen molar-refractivity contribution in [1.82, 2.24) is 5.32 Å². The molecule has 0 aliphatic heterocycles. The lowest BCUT2D eigenvalue weighted by Gasteiger charge is -2.17. The van der Waals surface area contributed by atoms with Crippen LogP contribution in [-0.2, 0) is 11.3 Å². The van der Waals surface area contributed by atoms with Crippen molar-refractivity contribution in [3.05, 3.63) is 47.5 Å². The molecule has 1 atom stereocenters. The van der Waals surface area contributed by atoms with Gasteiger partial charge in [0.1, 0.15) is 0 Å². The van der Waals surface area contributed by atoms with Gasteiger partial charge in [0.15, 0.2) is 0 Å². The molecule has 0 fully saturated rings. The average molecular weight is 240 g/mol. The fourth-order valence-corrected chi connectivity index (χ4v) is 2.06. The second-order valence-corrected chi connectivity index (χ2v) is 4.51. The number of carbonyl (C=O) groups is 1. The zero-order valence-corrected chi connectivity index (χ0v) is 10.2. The van der Waals surface area contributed by atoms with Crippen LogP contribution in [0.5, 0.6) is 0 Å². The van der Waals surface area contributed by atoms with Crippen LogP contribution in [0.1, 0.15) is 30.4 Å². The van der Waals surface area contributed by atoms with Crippen molar-refractivity contribution in [1.29, 1.82) is 5.26 Å². The summed E-state index contributed by atoms with van der Waals surface area (Å²) in [5.74, 6) is 0.247. The van der Waals surface area contributed by atoms with Crippen molar-refractivity contribution in [2.24, 2.45) is 5.92 Å². The van der Waals surface area contributed by atoms with Gasteiger partial charge in [0.25, 0.3) is 0 Å². The molecular weight excluding hydrogens is 224 g/mol. The van der Waals surface area contributed by atoms with Gasteiger partial charge >= 0.3 is 0 Å². The molecule has 3 nitrogen and oxygen atoms in total. The normalized spacial score (nSPS) is 18.1. The van der Waals surface area contributed by atoms with Crippen LogP contribution in [0.3, 0.4) is 0 Å². The van der Waals surface area contributed by atoms with Gasteiger partial charge < -0.3 is 5.32 Å². The lowest BCUT2D eigenvalue weighted by atomic mass is 9.93. The van der Waals surface area contributed by atoms with E-state index in [1.54, 1.807) is 12.1 Å². The Hall–Kier alpha value is -2.08. The van der Waals surface area contributed by atoms with Crippen LogP contribution < -0.4 is 5.32 Å². The lowest BCUT2D eigenvalue weighted by molar-refractivity contribution is -0.125. The molecule has 0 spiro atoms. The molecule has 0 saturated carbocycles. The molecule has 1 aliphatic carbocycles. The Balaban J connectivity index is 1.85. The summed E-state index contributed by atoms with van der Waals surface area (Å²) in [5.41, 5.74) is 1.66. The Morgan fingerprint density at radius 1 is 1.33 bits per heavy atom. The van der Waals surface area contributed by atoms with E-state index in [4.69, 9.17) is 5.26 Å². The summed E-state index contributed by atoms with van der Waals surface area (Å²) >= 11 is 0. The molecule has 92 valence electrons. The summed E-state index contributed by atoms with van der Waals surface area (Å²) in [4.78, 5) is 11.9. The highest BCUT2D eigenvalue weighted by Crippen LogP contribution is 2.18. The minimum atomic E-state index is 0.119.